The molecule has 3 heterocycles. The van der Waals surface area contributed by atoms with Gasteiger partial charge >= 0.3 is 0 Å². The molecule has 33 heavy (non-hydrogen) atoms. The third kappa shape index (κ3) is 3.34. The summed E-state index contributed by atoms with van der Waals surface area (Å²) in [4.78, 5) is 26.2. The Morgan fingerprint density at radius 2 is 1.76 bits per heavy atom. The Morgan fingerprint density at radius 3 is 2.48 bits per heavy atom. The minimum Gasteiger partial charge on any atom is -0.454 e. The zero-order valence-electron chi connectivity index (χ0n) is 17.9. The van der Waals surface area contributed by atoms with Crippen molar-refractivity contribution < 1.29 is 14.0 Å². The van der Waals surface area contributed by atoms with Gasteiger partial charge in [-0.15, -0.1) is 0 Å². The number of fused-ring (bicyclic) bond motifs is 1. The van der Waals surface area contributed by atoms with Gasteiger partial charge in [0.2, 0.25) is 0 Å². The summed E-state index contributed by atoms with van der Waals surface area (Å²) < 4.78 is 7.76. The molecule has 1 aliphatic heterocycles. The maximum atomic E-state index is 12.9. The van der Waals surface area contributed by atoms with Gasteiger partial charge in [-0.3, -0.25) is 14.5 Å². The SMILES string of the molecule is CC1=C(C#N)C(=O)N(C)C(=O)/C1=C/c1cn(-c2ccccc2)nc1-c1cc2ccccc2o1. The molecule has 2 aromatic carbocycles. The van der Waals surface area contributed by atoms with Crippen molar-refractivity contribution in [3.63, 3.8) is 0 Å². The Kier molecular flexibility index (Phi) is 4.76. The van der Waals surface area contributed by atoms with Gasteiger partial charge in [-0.1, -0.05) is 36.4 Å². The molecular formula is C26H18N4O3. The number of amides is 2. The van der Waals surface area contributed by atoms with Crippen molar-refractivity contribution in [3.8, 4) is 23.2 Å². The smallest absolute Gasteiger partial charge is 0.271 e. The lowest BCUT2D eigenvalue weighted by Gasteiger charge is -2.23. The van der Waals surface area contributed by atoms with Crippen LogP contribution < -0.4 is 0 Å². The van der Waals surface area contributed by atoms with E-state index in [-0.39, 0.29) is 11.1 Å². The Morgan fingerprint density at radius 1 is 1.03 bits per heavy atom. The maximum absolute atomic E-state index is 12.9. The number of benzene rings is 2. The minimum atomic E-state index is -0.602. The van der Waals surface area contributed by atoms with Gasteiger partial charge in [0.1, 0.15) is 22.9 Å². The number of hydrogen-bond acceptors (Lipinski definition) is 5. The van der Waals surface area contributed by atoms with E-state index in [4.69, 9.17) is 9.52 Å². The van der Waals surface area contributed by atoms with Crippen LogP contribution in [0.1, 0.15) is 12.5 Å². The average Bonchev–Trinajstić information content (AvgIpc) is 3.45. The number of imide groups is 1. The van der Waals surface area contributed by atoms with Crippen LogP contribution in [0, 0.1) is 11.3 Å². The van der Waals surface area contributed by atoms with Crippen LogP contribution in [-0.2, 0) is 9.59 Å². The van der Waals surface area contributed by atoms with Crippen LogP contribution in [0.2, 0.25) is 0 Å². The van der Waals surface area contributed by atoms with Gasteiger partial charge in [0.25, 0.3) is 11.8 Å². The fourth-order valence-corrected chi connectivity index (χ4v) is 3.85. The first kappa shape index (κ1) is 20.2. The molecule has 160 valence electrons. The second-order valence-corrected chi connectivity index (χ2v) is 7.70. The molecule has 7 nitrogen and oxygen atoms in total. The number of nitriles is 1. The van der Waals surface area contributed by atoms with E-state index < -0.39 is 11.8 Å². The van der Waals surface area contributed by atoms with Crippen molar-refractivity contribution in [2.45, 2.75) is 6.92 Å². The molecule has 0 bridgehead atoms. The molecule has 4 aromatic rings. The molecule has 2 aromatic heterocycles. The van der Waals surface area contributed by atoms with Gasteiger partial charge in [0.05, 0.1) is 5.69 Å². The molecule has 7 heteroatoms. The van der Waals surface area contributed by atoms with Gasteiger partial charge in [-0.2, -0.15) is 10.4 Å². The molecule has 1 aliphatic rings. The van der Waals surface area contributed by atoms with Crippen molar-refractivity contribution in [3.05, 3.63) is 89.1 Å². The lowest BCUT2D eigenvalue weighted by molar-refractivity contribution is -0.138. The van der Waals surface area contributed by atoms with Crippen molar-refractivity contribution in [1.29, 1.82) is 5.26 Å². The quantitative estimate of drug-likeness (QED) is 0.349. The minimum absolute atomic E-state index is 0.0518. The topological polar surface area (TPSA) is 92.1 Å². The molecular weight excluding hydrogens is 416 g/mol. The van der Waals surface area contributed by atoms with Crippen LogP contribution in [-0.4, -0.2) is 33.5 Å². The fourth-order valence-electron chi connectivity index (χ4n) is 3.85. The maximum Gasteiger partial charge on any atom is 0.271 e. The van der Waals surface area contributed by atoms with Gasteiger partial charge in [-0.05, 0) is 42.8 Å². The Balaban J connectivity index is 1.73. The zero-order valence-corrected chi connectivity index (χ0v) is 17.9. The third-order valence-electron chi connectivity index (χ3n) is 5.67. The first-order chi connectivity index (χ1) is 16.0. The number of aromatic nitrogens is 2. The highest BCUT2D eigenvalue weighted by Gasteiger charge is 2.33. The number of hydrogen-bond donors (Lipinski definition) is 0. The molecule has 0 saturated carbocycles. The van der Waals surface area contributed by atoms with Crippen LogP contribution in [0.5, 0.6) is 0 Å². The van der Waals surface area contributed by atoms with Crippen LogP contribution in [0.25, 0.3) is 34.2 Å². The Hall–Kier alpha value is -4.70. The monoisotopic (exact) mass is 434 g/mol. The molecule has 0 aliphatic carbocycles. The highest BCUT2D eigenvalue weighted by Crippen LogP contribution is 2.33. The summed E-state index contributed by atoms with van der Waals surface area (Å²) >= 11 is 0. The second kappa shape index (κ2) is 7.77. The van der Waals surface area contributed by atoms with Crippen LogP contribution in [0.3, 0.4) is 0 Å². The van der Waals surface area contributed by atoms with Gasteiger partial charge < -0.3 is 4.42 Å². The van der Waals surface area contributed by atoms with E-state index >= 15 is 0 Å². The molecule has 2 amide bonds. The number of furan rings is 1. The van der Waals surface area contributed by atoms with Crippen molar-refractivity contribution in [2.24, 2.45) is 0 Å². The standard InChI is InChI=1S/C26H18N4O3/c1-16-20(25(31)29(2)26(32)21(16)14-27)12-18-15-30(19-9-4-3-5-10-19)28-24(18)23-13-17-8-6-7-11-22(17)33-23/h3-13,15H,1-2H3/b20-12+. The number of nitrogens with zero attached hydrogens (tertiary/aromatic N) is 4. The average molecular weight is 434 g/mol. The van der Waals surface area contributed by atoms with E-state index in [0.29, 0.717) is 22.6 Å². The van der Waals surface area contributed by atoms with Crippen LogP contribution in [0.15, 0.2) is 88.0 Å². The molecule has 0 unspecified atom stereocenters. The third-order valence-corrected chi connectivity index (χ3v) is 5.67. The Bertz CT molecular complexity index is 1500. The molecule has 0 N–H and O–H groups in total. The van der Waals surface area contributed by atoms with Crippen molar-refractivity contribution in [1.82, 2.24) is 14.7 Å². The summed E-state index contributed by atoms with van der Waals surface area (Å²) in [6.45, 7) is 1.61. The van der Waals surface area contributed by atoms with E-state index in [9.17, 15) is 14.9 Å². The Labute approximate surface area is 189 Å². The normalized spacial score (nSPS) is 15.5. The van der Waals surface area contributed by atoms with E-state index in [1.54, 1.807) is 23.9 Å². The summed E-state index contributed by atoms with van der Waals surface area (Å²) in [5.74, 6) is -0.526. The predicted molar refractivity (Wildman–Crippen MR) is 123 cm³/mol. The highest BCUT2D eigenvalue weighted by molar-refractivity contribution is 6.19. The second-order valence-electron chi connectivity index (χ2n) is 7.70. The molecule has 0 saturated heterocycles. The lowest BCUT2D eigenvalue weighted by atomic mass is 9.94. The molecule has 0 atom stereocenters. The van der Waals surface area contributed by atoms with E-state index in [1.165, 1.54) is 7.05 Å². The first-order valence-corrected chi connectivity index (χ1v) is 10.3. The van der Waals surface area contributed by atoms with Crippen molar-refractivity contribution >= 4 is 28.9 Å². The number of carbonyl (C=O) groups excluding carboxylic acids is 2. The van der Waals surface area contributed by atoms with E-state index in [0.717, 1.165) is 21.6 Å². The fraction of sp³-hybridized carbons (Fsp3) is 0.0769. The van der Waals surface area contributed by atoms with E-state index in [2.05, 4.69) is 0 Å². The molecule has 0 spiro atoms. The van der Waals surface area contributed by atoms with Crippen LogP contribution >= 0.6 is 0 Å². The summed E-state index contributed by atoms with van der Waals surface area (Å²) in [6, 6.07) is 21.1. The van der Waals surface area contributed by atoms with E-state index in [1.807, 2.05) is 66.7 Å². The number of likely N-dealkylation sites (N-methyl/N-ethyl adjacent to an activating group) is 1. The summed E-state index contributed by atoms with van der Waals surface area (Å²) in [5, 5.41) is 15.1. The summed E-state index contributed by atoms with van der Waals surface area (Å²) in [5.41, 5.74) is 3.28. The molecule has 0 fully saturated rings. The predicted octanol–water partition coefficient (Wildman–Crippen LogP) is 4.51. The van der Waals surface area contributed by atoms with Gasteiger partial charge in [0, 0.05) is 29.8 Å². The largest absolute Gasteiger partial charge is 0.454 e. The lowest BCUT2D eigenvalue weighted by Crippen LogP contribution is -2.39. The van der Waals surface area contributed by atoms with Gasteiger partial charge in [0.15, 0.2) is 5.76 Å². The zero-order chi connectivity index (χ0) is 23.1. The highest BCUT2D eigenvalue weighted by atomic mass is 16.3. The van der Waals surface area contributed by atoms with Crippen LogP contribution in [0.4, 0.5) is 0 Å². The van der Waals surface area contributed by atoms with Crippen molar-refractivity contribution in [2.75, 3.05) is 7.05 Å². The summed E-state index contributed by atoms with van der Waals surface area (Å²) in [6.07, 6.45) is 3.46. The molecule has 5 rings (SSSR count). The number of rotatable bonds is 3. The van der Waals surface area contributed by atoms with Gasteiger partial charge in [-0.25, -0.2) is 4.68 Å². The number of carbonyl (C=O) groups is 2. The first-order valence-electron chi connectivity index (χ1n) is 10.3. The molecule has 0 radical (unpaired) electrons. The summed E-state index contributed by atoms with van der Waals surface area (Å²) in [7, 11) is 1.37. The number of para-hydroxylation sites is 2.